The fourth-order valence-electron chi connectivity index (χ4n) is 2.41. The molecule has 0 bridgehead atoms. The van der Waals surface area contributed by atoms with Crippen molar-refractivity contribution in [3.63, 3.8) is 0 Å². The Labute approximate surface area is 109 Å². The fraction of sp³-hybridized carbons (Fsp3) is 0.357. The Morgan fingerprint density at radius 3 is 3.11 bits per heavy atom. The number of rotatable bonds is 3. The minimum atomic E-state index is -0.656. The molecule has 1 aromatic heterocycles. The lowest BCUT2D eigenvalue weighted by Gasteiger charge is -2.21. The first-order valence-electron chi connectivity index (χ1n) is 6.31. The van der Waals surface area contributed by atoms with Crippen LogP contribution in [0.25, 0.3) is 0 Å². The van der Waals surface area contributed by atoms with Crippen molar-refractivity contribution >= 4 is 0 Å². The zero-order valence-electron chi connectivity index (χ0n) is 10.3. The number of hydrogen-bond donors (Lipinski definition) is 1. The van der Waals surface area contributed by atoms with E-state index in [1.165, 1.54) is 17.8 Å². The van der Waals surface area contributed by atoms with Gasteiger partial charge in [0, 0.05) is 11.8 Å². The lowest BCUT2D eigenvalue weighted by atomic mass is 9.90. The molecule has 0 fully saturated rings. The molecule has 19 heavy (non-hydrogen) atoms. The lowest BCUT2D eigenvalue weighted by Crippen LogP contribution is -2.21. The molecule has 3 nitrogen and oxygen atoms in total. The summed E-state index contributed by atoms with van der Waals surface area (Å²) in [6, 6.07) is 3.36. The van der Waals surface area contributed by atoms with Gasteiger partial charge < -0.3 is 9.72 Å². The monoisotopic (exact) mass is 264 g/mol. The number of benzene rings is 1. The average molecular weight is 264 g/mol. The highest BCUT2D eigenvalue weighted by atomic mass is 19.1. The van der Waals surface area contributed by atoms with Gasteiger partial charge in [-0.25, -0.2) is 13.8 Å². The first-order chi connectivity index (χ1) is 9.22. The van der Waals surface area contributed by atoms with Crippen LogP contribution < -0.4 is 4.74 Å². The van der Waals surface area contributed by atoms with Gasteiger partial charge >= 0.3 is 0 Å². The van der Waals surface area contributed by atoms with Crippen LogP contribution in [0.5, 0.6) is 5.75 Å². The molecular formula is C14H14F2N2O. The molecule has 0 spiro atoms. The number of nitrogens with zero attached hydrogens (tertiary/aromatic N) is 1. The Kier molecular flexibility index (Phi) is 3.19. The summed E-state index contributed by atoms with van der Waals surface area (Å²) < 4.78 is 31.6. The highest BCUT2D eigenvalue weighted by molar-refractivity contribution is 5.24. The van der Waals surface area contributed by atoms with Crippen LogP contribution in [0.1, 0.15) is 17.8 Å². The maximum Gasteiger partial charge on any atom is 0.167 e. The number of fused-ring (bicyclic) bond motifs is 1. The Hall–Kier alpha value is -1.91. The quantitative estimate of drug-likeness (QED) is 0.925. The normalized spacial score (nSPS) is 18.1. The van der Waals surface area contributed by atoms with Crippen molar-refractivity contribution in [1.82, 2.24) is 9.97 Å². The van der Waals surface area contributed by atoms with E-state index in [9.17, 15) is 8.78 Å². The van der Waals surface area contributed by atoms with Crippen LogP contribution >= 0.6 is 0 Å². The second-order valence-electron chi connectivity index (χ2n) is 4.82. The molecule has 0 saturated carbocycles. The number of ether oxygens (including phenoxy) is 1. The third-order valence-electron chi connectivity index (χ3n) is 3.46. The molecule has 0 radical (unpaired) electrons. The van der Waals surface area contributed by atoms with E-state index >= 15 is 0 Å². The van der Waals surface area contributed by atoms with E-state index in [4.69, 9.17) is 4.74 Å². The highest BCUT2D eigenvalue weighted by Crippen LogP contribution is 2.25. The smallest absolute Gasteiger partial charge is 0.167 e. The number of halogens is 2. The van der Waals surface area contributed by atoms with Gasteiger partial charge in [0.1, 0.15) is 5.82 Å². The second kappa shape index (κ2) is 4.99. The zero-order chi connectivity index (χ0) is 13.2. The summed E-state index contributed by atoms with van der Waals surface area (Å²) in [5.41, 5.74) is 2.25. The molecule has 2 aromatic rings. The number of H-pyrrole nitrogens is 1. The SMILES string of the molecule is Fc1ccc(OCC2CCc3[nH]cnc3C2)c(F)c1. The molecule has 0 amide bonds. The van der Waals surface area contributed by atoms with Crippen molar-refractivity contribution in [3.05, 3.63) is 47.5 Å². The lowest BCUT2D eigenvalue weighted by molar-refractivity contribution is 0.224. The molecule has 1 N–H and O–H groups in total. The average Bonchev–Trinajstić information content (AvgIpc) is 2.85. The standard InChI is InChI=1S/C14H14F2N2O/c15-10-2-4-14(11(16)6-10)19-7-9-1-3-12-13(5-9)18-8-17-12/h2,4,6,8-9H,1,3,5,7H2,(H,17,18). The topological polar surface area (TPSA) is 37.9 Å². The van der Waals surface area contributed by atoms with Crippen molar-refractivity contribution < 1.29 is 13.5 Å². The van der Waals surface area contributed by atoms with Crippen LogP contribution in [0.15, 0.2) is 24.5 Å². The van der Waals surface area contributed by atoms with Gasteiger partial charge in [-0.1, -0.05) is 0 Å². The number of aromatic nitrogens is 2. The van der Waals surface area contributed by atoms with E-state index < -0.39 is 11.6 Å². The van der Waals surface area contributed by atoms with Gasteiger partial charge in [0.05, 0.1) is 18.6 Å². The summed E-state index contributed by atoms with van der Waals surface area (Å²) in [6.45, 7) is 0.425. The summed E-state index contributed by atoms with van der Waals surface area (Å²) in [6.07, 6.45) is 4.46. The number of aromatic amines is 1. The summed E-state index contributed by atoms with van der Waals surface area (Å²) in [5, 5.41) is 0. The third kappa shape index (κ3) is 2.59. The Balaban J connectivity index is 1.61. The van der Waals surface area contributed by atoms with Crippen LogP contribution in [-0.2, 0) is 12.8 Å². The van der Waals surface area contributed by atoms with Gasteiger partial charge in [-0.3, -0.25) is 0 Å². The number of hydrogen-bond acceptors (Lipinski definition) is 2. The van der Waals surface area contributed by atoms with Crippen LogP contribution in [0.3, 0.4) is 0 Å². The minimum absolute atomic E-state index is 0.106. The Bertz CT molecular complexity index is 583. The Morgan fingerprint density at radius 2 is 2.26 bits per heavy atom. The first-order valence-corrected chi connectivity index (χ1v) is 6.31. The second-order valence-corrected chi connectivity index (χ2v) is 4.82. The Morgan fingerprint density at radius 1 is 1.37 bits per heavy atom. The predicted octanol–water partition coefficient (Wildman–Crippen LogP) is 2.87. The fourth-order valence-corrected chi connectivity index (χ4v) is 2.41. The molecular weight excluding hydrogens is 250 g/mol. The van der Waals surface area contributed by atoms with Gasteiger partial charge in [-0.15, -0.1) is 0 Å². The molecule has 1 aliphatic rings. The van der Waals surface area contributed by atoms with Gasteiger partial charge in [0.2, 0.25) is 0 Å². The molecule has 1 aliphatic carbocycles. The molecule has 100 valence electrons. The number of aryl methyl sites for hydroxylation is 1. The van der Waals surface area contributed by atoms with Gasteiger partial charge in [-0.05, 0) is 37.3 Å². The zero-order valence-corrected chi connectivity index (χ0v) is 10.3. The molecule has 1 heterocycles. The van der Waals surface area contributed by atoms with E-state index in [2.05, 4.69) is 9.97 Å². The van der Waals surface area contributed by atoms with E-state index in [1.807, 2.05) is 0 Å². The van der Waals surface area contributed by atoms with E-state index in [-0.39, 0.29) is 5.75 Å². The van der Waals surface area contributed by atoms with Crippen molar-refractivity contribution in [1.29, 1.82) is 0 Å². The molecule has 1 unspecified atom stereocenters. The molecule has 1 atom stereocenters. The maximum atomic E-state index is 13.4. The van der Waals surface area contributed by atoms with Crippen molar-refractivity contribution in [2.24, 2.45) is 5.92 Å². The van der Waals surface area contributed by atoms with Crippen molar-refractivity contribution in [2.45, 2.75) is 19.3 Å². The summed E-state index contributed by atoms with van der Waals surface area (Å²) >= 11 is 0. The van der Waals surface area contributed by atoms with E-state index in [1.54, 1.807) is 6.33 Å². The molecule has 0 aliphatic heterocycles. The number of nitrogens with one attached hydrogen (secondary N) is 1. The maximum absolute atomic E-state index is 13.4. The summed E-state index contributed by atoms with van der Waals surface area (Å²) in [4.78, 5) is 7.37. The highest BCUT2D eigenvalue weighted by Gasteiger charge is 2.21. The van der Waals surface area contributed by atoms with Gasteiger partial charge in [0.15, 0.2) is 11.6 Å². The molecule has 5 heteroatoms. The first kappa shape index (κ1) is 12.1. The molecule has 1 aromatic carbocycles. The third-order valence-corrected chi connectivity index (χ3v) is 3.46. The van der Waals surface area contributed by atoms with Crippen LogP contribution in [-0.4, -0.2) is 16.6 Å². The van der Waals surface area contributed by atoms with Crippen LogP contribution in [0.4, 0.5) is 8.78 Å². The van der Waals surface area contributed by atoms with E-state index in [0.717, 1.165) is 31.0 Å². The minimum Gasteiger partial charge on any atom is -0.490 e. The van der Waals surface area contributed by atoms with Crippen LogP contribution in [0.2, 0.25) is 0 Å². The summed E-state index contributed by atoms with van der Waals surface area (Å²) in [5.74, 6) is -0.825. The molecule has 0 saturated heterocycles. The molecule has 3 rings (SSSR count). The van der Waals surface area contributed by atoms with Crippen LogP contribution in [0, 0.1) is 17.6 Å². The van der Waals surface area contributed by atoms with Gasteiger partial charge in [0.25, 0.3) is 0 Å². The number of imidazole rings is 1. The summed E-state index contributed by atoms with van der Waals surface area (Å²) in [7, 11) is 0. The predicted molar refractivity (Wildman–Crippen MR) is 66.0 cm³/mol. The largest absolute Gasteiger partial charge is 0.490 e. The van der Waals surface area contributed by atoms with Gasteiger partial charge in [-0.2, -0.15) is 0 Å². The van der Waals surface area contributed by atoms with Crippen molar-refractivity contribution in [3.8, 4) is 5.75 Å². The van der Waals surface area contributed by atoms with Crippen molar-refractivity contribution in [2.75, 3.05) is 6.61 Å². The van der Waals surface area contributed by atoms with E-state index in [0.29, 0.717) is 12.5 Å².